The molecular formula is C56H87N11O15S. The second-order valence-corrected chi connectivity index (χ2v) is 22.4. The van der Waals surface area contributed by atoms with E-state index in [1.54, 1.807) is 6.26 Å². The number of aromatic amines is 1. The molecule has 462 valence electrons. The Morgan fingerprint density at radius 1 is 0.663 bits per heavy atom. The predicted molar refractivity (Wildman–Crippen MR) is 309 cm³/mol. The van der Waals surface area contributed by atoms with E-state index in [4.69, 9.17) is 22.9 Å². The molecule has 0 fully saturated rings. The Balaban J connectivity index is 2.54. The molecule has 0 bridgehead atoms. The zero-order valence-corrected chi connectivity index (χ0v) is 49.0. The number of aromatic nitrogens is 2. The number of aliphatic hydroxyl groups excluding tert-OH is 2. The number of ketones is 5. The van der Waals surface area contributed by atoms with Crippen LogP contribution in [0.25, 0.3) is 0 Å². The van der Waals surface area contributed by atoms with Gasteiger partial charge in [0.2, 0.25) is 29.5 Å². The summed E-state index contributed by atoms with van der Waals surface area (Å²) in [6.07, 6.45) is 0.609. The number of unbranched alkanes of at least 4 members (excludes halogenated alkanes) is 1. The number of thioether (sulfide) groups is 1. The third kappa shape index (κ3) is 27.7. The van der Waals surface area contributed by atoms with Gasteiger partial charge in [0, 0.05) is 68.8 Å². The number of aliphatic hydroxyl groups is 2. The number of nitrogens with one attached hydrogen (secondary N) is 5. The number of H-pyrrole nitrogens is 1. The number of aliphatic carboxylic acids is 1. The number of benzene rings is 1. The molecule has 0 aliphatic rings. The van der Waals surface area contributed by atoms with Gasteiger partial charge in [0.1, 0.15) is 11.5 Å². The van der Waals surface area contributed by atoms with Gasteiger partial charge in [-0.25, -0.2) is 4.98 Å². The zero-order valence-electron chi connectivity index (χ0n) is 48.1. The molecule has 1 heterocycles. The van der Waals surface area contributed by atoms with E-state index >= 15 is 0 Å². The van der Waals surface area contributed by atoms with E-state index in [-0.39, 0.29) is 101 Å². The first kappa shape index (κ1) is 72.0. The number of nitrogens with two attached hydrogens (primary N) is 4. The summed E-state index contributed by atoms with van der Waals surface area (Å²) in [7, 11) is 0. The van der Waals surface area contributed by atoms with Crippen molar-refractivity contribution in [3.05, 3.63) is 48.0 Å². The van der Waals surface area contributed by atoms with Crippen molar-refractivity contribution in [2.24, 2.45) is 63.4 Å². The molecule has 0 spiro atoms. The molecule has 2 aromatic rings. The maximum atomic E-state index is 14.7. The fourth-order valence-corrected chi connectivity index (χ4v) is 9.70. The van der Waals surface area contributed by atoms with Crippen molar-refractivity contribution in [1.29, 1.82) is 0 Å². The standard InChI is InChI=1S/C56H87N11O15S/c1-31(2)19-43(48(74)25-37(51(58)78)22-39-28-61-30-63-39)65-53(80)36(10-8-17-62-56(59)60)24-46(72)44(21-34-11-13-40(71)14-12-34)66-52(79)35(9-6-7-16-57)23-47(73)45(27-50(76)77)67-55(82)41(33(4)70)26-49(75)42(15-18-83-5)64-54(81)38(29-68)20-32(3)69/h11-14,28,30-31,33,35-38,41-45,68,70-71H,6-10,15-27,29,57H2,1-5H3,(H2,58,78)(H,61,63)(H,64,81)(H,65,80)(H,66,79)(H,67,82)(H,76,77)(H4,59,60,62)/t33-,35-,36-,37-,38-,41+,42+,43+,44+,45+/m1/s1. The highest BCUT2D eigenvalue weighted by Crippen LogP contribution is 2.23. The first-order chi connectivity index (χ1) is 39.2. The number of amides is 5. The molecule has 2 rings (SSSR count). The number of Topliss-reactive ketones (excluding diaryl/α,β-unsaturated/α-hetero) is 5. The lowest BCUT2D eigenvalue weighted by molar-refractivity contribution is -0.142. The van der Waals surface area contributed by atoms with E-state index in [1.165, 1.54) is 62.4 Å². The summed E-state index contributed by atoms with van der Waals surface area (Å²) in [5, 5.41) is 51.0. The minimum atomic E-state index is -1.80. The first-order valence-electron chi connectivity index (χ1n) is 27.8. The van der Waals surface area contributed by atoms with Crippen LogP contribution in [0.5, 0.6) is 5.75 Å². The third-order valence-electron chi connectivity index (χ3n) is 13.9. The van der Waals surface area contributed by atoms with Gasteiger partial charge in [-0.05, 0) is 101 Å². The van der Waals surface area contributed by atoms with E-state index in [0.717, 1.165) is 0 Å². The lowest BCUT2D eigenvalue weighted by atomic mass is 9.88. The van der Waals surface area contributed by atoms with Crippen LogP contribution in [0.1, 0.15) is 122 Å². The molecule has 17 N–H and O–H groups in total. The van der Waals surface area contributed by atoms with E-state index in [1.807, 2.05) is 13.8 Å². The number of carboxylic acids is 1. The lowest BCUT2D eigenvalue weighted by Gasteiger charge is -2.27. The fourth-order valence-electron chi connectivity index (χ4n) is 9.22. The molecule has 0 radical (unpaired) electrons. The van der Waals surface area contributed by atoms with Crippen molar-refractivity contribution in [2.75, 3.05) is 31.7 Å². The molecule has 1 aromatic heterocycles. The topological polar surface area (TPSA) is 462 Å². The molecule has 5 amide bonds. The molecule has 26 nitrogen and oxygen atoms in total. The monoisotopic (exact) mass is 1190 g/mol. The van der Waals surface area contributed by atoms with Gasteiger partial charge in [-0.1, -0.05) is 32.4 Å². The maximum Gasteiger partial charge on any atom is 0.305 e. The van der Waals surface area contributed by atoms with Crippen LogP contribution in [0.2, 0.25) is 0 Å². The number of rotatable bonds is 44. The number of carbonyl (C=O) groups is 11. The van der Waals surface area contributed by atoms with Gasteiger partial charge in [0.25, 0.3) is 0 Å². The summed E-state index contributed by atoms with van der Waals surface area (Å²) in [5.74, 6) is -15.0. The second kappa shape index (κ2) is 37.9. The van der Waals surface area contributed by atoms with E-state index in [0.29, 0.717) is 23.4 Å². The summed E-state index contributed by atoms with van der Waals surface area (Å²) in [5.41, 5.74) is 23.6. The van der Waals surface area contributed by atoms with Crippen molar-refractivity contribution in [1.82, 2.24) is 31.2 Å². The van der Waals surface area contributed by atoms with Crippen molar-refractivity contribution < 1.29 is 73.2 Å². The summed E-state index contributed by atoms with van der Waals surface area (Å²) < 4.78 is 0. The first-order valence-corrected chi connectivity index (χ1v) is 29.2. The van der Waals surface area contributed by atoms with Crippen molar-refractivity contribution >= 4 is 82.1 Å². The molecule has 0 saturated heterocycles. The van der Waals surface area contributed by atoms with Crippen LogP contribution in [0.15, 0.2) is 41.8 Å². The molecule has 0 saturated carbocycles. The molecule has 83 heavy (non-hydrogen) atoms. The van der Waals surface area contributed by atoms with Gasteiger partial charge in [-0.2, -0.15) is 11.8 Å². The molecule has 0 unspecified atom stereocenters. The van der Waals surface area contributed by atoms with Crippen molar-refractivity contribution in [2.45, 2.75) is 154 Å². The van der Waals surface area contributed by atoms with Gasteiger partial charge in [-0.15, -0.1) is 0 Å². The van der Waals surface area contributed by atoms with Crippen LogP contribution in [-0.4, -0.2) is 163 Å². The molecule has 27 heteroatoms. The van der Waals surface area contributed by atoms with Gasteiger partial charge < -0.3 is 74.4 Å². The van der Waals surface area contributed by atoms with E-state index in [9.17, 15) is 73.2 Å². The third-order valence-corrected chi connectivity index (χ3v) is 14.5. The summed E-state index contributed by atoms with van der Waals surface area (Å²) in [6, 6.07) is 0.210. The molecule has 0 aliphatic carbocycles. The van der Waals surface area contributed by atoms with Gasteiger partial charge in [0.05, 0.1) is 67.4 Å². The van der Waals surface area contributed by atoms with E-state index < -0.39 is 151 Å². The average molecular weight is 1190 g/mol. The fraction of sp³-hybridized carbons (Fsp3) is 0.625. The number of aromatic hydroxyl groups is 1. The number of hydrogen-bond donors (Lipinski definition) is 13. The number of aliphatic imine (C=N–C) groups is 1. The summed E-state index contributed by atoms with van der Waals surface area (Å²) in [4.78, 5) is 160. The smallest absolute Gasteiger partial charge is 0.305 e. The van der Waals surface area contributed by atoms with Gasteiger partial charge in [-0.3, -0.25) is 52.9 Å². The van der Waals surface area contributed by atoms with Crippen LogP contribution in [0, 0.1) is 35.5 Å². The average Bonchev–Trinajstić information content (AvgIpc) is 3.98. The summed E-state index contributed by atoms with van der Waals surface area (Å²) >= 11 is 1.34. The van der Waals surface area contributed by atoms with Gasteiger partial charge in [0.15, 0.2) is 29.1 Å². The second-order valence-electron chi connectivity index (χ2n) is 21.4. The van der Waals surface area contributed by atoms with E-state index in [2.05, 4.69) is 36.2 Å². The largest absolute Gasteiger partial charge is 0.508 e. The number of primary amides is 1. The number of phenols is 1. The number of hydrogen-bond acceptors (Lipinski definition) is 18. The number of carboxylic acid groups (broad SMARTS) is 1. The number of imidazole rings is 1. The zero-order chi connectivity index (χ0) is 62.3. The van der Waals surface area contributed by atoms with Crippen molar-refractivity contribution in [3.63, 3.8) is 0 Å². The SMILES string of the molecule is CSCC[C@H](NC(=O)[C@@H](CO)CC(C)=O)C(=O)C[C@H](C(=O)N[C@@H](CC(=O)O)C(=O)C[C@@H](CCCCN)C(=O)N[C@@H](Cc1ccc(O)cc1)C(=O)C[C@@H](CCCN=C(N)N)C(=O)N[C@@H](CC(C)C)C(=O)C[C@@H](Cc1cnc[nH]1)C(N)=O)[C@@H](C)O. The van der Waals surface area contributed by atoms with Crippen LogP contribution in [-0.2, 0) is 65.6 Å². The molecule has 1 aromatic carbocycles. The van der Waals surface area contributed by atoms with Crippen LogP contribution in [0.4, 0.5) is 0 Å². The van der Waals surface area contributed by atoms with Crippen LogP contribution < -0.4 is 44.2 Å². The Bertz CT molecular complexity index is 2490. The Morgan fingerprint density at radius 3 is 1.72 bits per heavy atom. The predicted octanol–water partition coefficient (Wildman–Crippen LogP) is 0.0515. The highest BCUT2D eigenvalue weighted by Gasteiger charge is 2.37. The maximum absolute atomic E-state index is 14.7. The Labute approximate surface area is 488 Å². The molecule has 10 atom stereocenters. The number of phenolic OH excluding ortho intramolecular Hbond substituents is 1. The number of guanidine groups is 1. The minimum absolute atomic E-state index is 0.0139. The van der Waals surface area contributed by atoms with Crippen molar-refractivity contribution in [3.8, 4) is 5.75 Å². The normalized spacial score (nSPS) is 14.9. The Hall–Kier alpha value is -7.10. The minimum Gasteiger partial charge on any atom is -0.508 e. The number of nitrogens with zero attached hydrogens (tertiary/aromatic N) is 2. The quantitative estimate of drug-likeness (QED) is 0.0237. The summed E-state index contributed by atoms with van der Waals surface area (Å²) in [6.45, 7) is 5.66. The molecular weight excluding hydrogens is 1100 g/mol. The lowest BCUT2D eigenvalue weighted by Crippen LogP contribution is -2.51. The van der Waals surface area contributed by atoms with Crippen LogP contribution in [0.3, 0.4) is 0 Å². The highest BCUT2D eigenvalue weighted by molar-refractivity contribution is 7.98. The molecule has 0 aliphatic heterocycles. The highest BCUT2D eigenvalue weighted by atomic mass is 32.2. The van der Waals surface area contributed by atoms with Crippen LogP contribution >= 0.6 is 11.8 Å². The Kier molecular flexibility index (Phi) is 32.9. The number of carbonyl (C=O) groups excluding carboxylic acids is 10. The van der Waals surface area contributed by atoms with Gasteiger partial charge >= 0.3 is 5.97 Å². The Morgan fingerprint density at radius 2 is 1.20 bits per heavy atom.